The van der Waals surface area contributed by atoms with E-state index >= 15 is 0 Å². The van der Waals surface area contributed by atoms with Gasteiger partial charge < -0.3 is 14.8 Å². The number of methoxy groups -OCH3 is 2. The van der Waals surface area contributed by atoms with Crippen LogP contribution in [0.4, 0.5) is 5.69 Å². The molecule has 0 fully saturated rings. The van der Waals surface area contributed by atoms with Crippen molar-refractivity contribution < 1.29 is 9.47 Å². The van der Waals surface area contributed by atoms with Crippen LogP contribution in [0, 0.1) is 0 Å². The number of hydrogen-bond acceptors (Lipinski definition) is 3. The predicted molar refractivity (Wildman–Crippen MR) is 56.5 cm³/mol. The largest absolute Gasteiger partial charge is 0.496 e. The number of fused-ring (bicyclic) bond motifs is 1. The third-order valence-electron chi connectivity index (χ3n) is 2.68. The fraction of sp³-hybridized carbons (Fsp3) is 0.455. The lowest BCUT2D eigenvalue weighted by Crippen LogP contribution is -1.97. The first-order valence-electron chi connectivity index (χ1n) is 4.76. The maximum absolute atomic E-state index is 5.33. The molecule has 3 heteroatoms. The van der Waals surface area contributed by atoms with Crippen molar-refractivity contribution in [3.05, 3.63) is 17.7 Å². The van der Waals surface area contributed by atoms with E-state index in [2.05, 4.69) is 12.2 Å². The molecule has 1 aliphatic rings. The van der Waals surface area contributed by atoms with Crippen molar-refractivity contribution >= 4 is 5.69 Å². The first-order valence-corrected chi connectivity index (χ1v) is 4.76. The van der Waals surface area contributed by atoms with Gasteiger partial charge in [0.15, 0.2) is 0 Å². The highest BCUT2D eigenvalue weighted by Gasteiger charge is 2.25. The molecule has 1 aliphatic heterocycles. The van der Waals surface area contributed by atoms with E-state index in [4.69, 9.17) is 9.47 Å². The molecule has 0 saturated carbocycles. The monoisotopic (exact) mass is 193 g/mol. The Bertz CT molecular complexity index is 349. The summed E-state index contributed by atoms with van der Waals surface area (Å²) in [6.07, 6.45) is 0. The smallest absolute Gasteiger partial charge is 0.142 e. The summed E-state index contributed by atoms with van der Waals surface area (Å²) in [6.45, 7) is 3.13. The van der Waals surface area contributed by atoms with Gasteiger partial charge in [0, 0.05) is 18.0 Å². The lowest BCUT2D eigenvalue weighted by Gasteiger charge is -2.12. The number of benzene rings is 1. The van der Waals surface area contributed by atoms with Crippen molar-refractivity contribution in [1.29, 1.82) is 0 Å². The first kappa shape index (κ1) is 9.19. The molecule has 14 heavy (non-hydrogen) atoms. The fourth-order valence-electron chi connectivity index (χ4n) is 1.96. The van der Waals surface area contributed by atoms with Crippen LogP contribution in [0.15, 0.2) is 12.1 Å². The molecule has 0 bridgehead atoms. The van der Waals surface area contributed by atoms with Crippen LogP contribution in [0.2, 0.25) is 0 Å². The van der Waals surface area contributed by atoms with Crippen molar-refractivity contribution in [2.24, 2.45) is 0 Å². The second-order valence-electron chi connectivity index (χ2n) is 3.54. The number of hydrogen-bond donors (Lipinski definition) is 1. The Balaban J connectivity index is 2.56. The van der Waals surface area contributed by atoms with Crippen LogP contribution in [0.25, 0.3) is 0 Å². The summed E-state index contributed by atoms with van der Waals surface area (Å²) in [6, 6.07) is 3.89. The summed E-state index contributed by atoms with van der Waals surface area (Å²) >= 11 is 0. The summed E-state index contributed by atoms with van der Waals surface area (Å²) < 4.78 is 10.6. The second-order valence-corrected chi connectivity index (χ2v) is 3.54. The van der Waals surface area contributed by atoms with E-state index in [0.717, 1.165) is 23.7 Å². The van der Waals surface area contributed by atoms with Crippen molar-refractivity contribution in [2.75, 3.05) is 26.1 Å². The standard InChI is InChI=1S/C11H15NO2/c1-7-6-12-11-9(14-3)5-4-8(13-2)10(7)11/h4-5,7,12H,6H2,1-3H3. The molecule has 1 unspecified atom stereocenters. The molecule has 1 aromatic rings. The molecule has 0 spiro atoms. The van der Waals surface area contributed by atoms with Crippen molar-refractivity contribution in [2.45, 2.75) is 12.8 Å². The molecule has 1 atom stereocenters. The van der Waals surface area contributed by atoms with Gasteiger partial charge in [-0.05, 0) is 12.1 Å². The summed E-state index contributed by atoms with van der Waals surface area (Å²) in [5.41, 5.74) is 2.31. The predicted octanol–water partition coefficient (Wildman–Crippen LogP) is 2.23. The number of rotatable bonds is 2. The minimum atomic E-state index is 0.482. The Hall–Kier alpha value is -1.38. The van der Waals surface area contributed by atoms with Crippen LogP contribution in [0.5, 0.6) is 11.5 Å². The van der Waals surface area contributed by atoms with Crippen LogP contribution in [0.3, 0.4) is 0 Å². The molecule has 1 N–H and O–H groups in total. The van der Waals surface area contributed by atoms with Gasteiger partial charge in [-0.3, -0.25) is 0 Å². The molecule has 1 heterocycles. The quantitative estimate of drug-likeness (QED) is 0.781. The van der Waals surface area contributed by atoms with E-state index in [9.17, 15) is 0 Å². The molecule has 1 aromatic carbocycles. The van der Waals surface area contributed by atoms with Gasteiger partial charge in [-0.2, -0.15) is 0 Å². The number of ether oxygens (including phenoxy) is 2. The topological polar surface area (TPSA) is 30.5 Å². The maximum atomic E-state index is 5.33. The van der Waals surface area contributed by atoms with Crippen molar-refractivity contribution in [1.82, 2.24) is 0 Å². The van der Waals surface area contributed by atoms with Crippen LogP contribution in [-0.2, 0) is 0 Å². The van der Waals surface area contributed by atoms with Gasteiger partial charge >= 0.3 is 0 Å². The highest BCUT2D eigenvalue weighted by molar-refractivity contribution is 5.71. The highest BCUT2D eigenvalue weighted by Crippen LogP contribution is 2.43. The zero-order valence-electron chi connectivity index (χ0n) is 8.76. The van der Waals surface area contributed by atoms with Crippen LogP contribution < -0.4 is 14.8 Å². The van der Waals surface area contributed by atoms with E-state index in [1.165, 1.54) is 5.56 Å². The Kier molecular flexibility index (Phi) is 2.23. The first-order chi connectivity index (χ1) is 6.77. The average Bonchev–Trinajstić information content (AvgIpc) is 2.60. The Morgan fingerprint density at radius 2 is 1.86 bits per heavy atom. The third-order valence-corrected chi connectivity index (χ3v) is 2.68. The Morgan fingerprint density at radius 3 is 2.50 bits per heavy atom. The Labute approximate surface area is 84.0 Å². The van der Waals surface area contributed by atoms with Gasteiger partial charge in [0.2, 0.25) is 0 Å². The molecule has 76 valence electrons. The molecule has 0 aliphatic carbocycles. The number of anilines is 1. The molecule has 2 rings (SSSR count). The lowest BCUT2D eigenvalue weighted by atomic mass is 10.0. The molecular formula is C11H15NO2. The summed E-state index contributed by atoms with van der Waals surface area (Å²) in [5.74, 6) is 2.32. The van der Waals surface area contributed by atoms with Crippen LogP contribution in [-0.4, -0.2) is 20.8 Å². The zero-order chi connectivity index (χ0) is 10.1. The Morgan fingerprint density at radius 1 is 1.21 bits per heavy atom. The van der Waals surface area contributed by atoms with Gasteiger partial charge in [-0.25, -0.2) is 0 Å². The van der Waals surface area contributed by atoms with Crippen molar-refractivity contribution in [3.8, 4) is 11.5 Å². The molecule has 0 radical (unpaired) electrons. The molecule has 0 saturated heterocycles. The van der Waals surface area contributed by atoms with Crippen LogP contribution >= 0.6 is 0 Å². The molecule has 3 nitrogen and oxygen atoms in total. The summed E-state index contributed by atoms with van der Waals surface area (Å²) in [7, 11) is 3.39. The highest BCUT2D eigenvalue weighted by atomic mass is 16.5. The van der Waals surface area contributed by atoms with E-state index in [1.54, 1.807) is 14.2 Å². The van der Waals surface area contributed by atoms with E-state index < -0.39 is 0 Å². The SMILES string of the molecule is COc1ccc(OC)c2c1NCC2C. The van der Waals surface area contributed by atoms with E-state index in [1.807, 2.05) is 12.1 Å². The maximum Gasteiger partial charge on any atom is 0.142 e. The second kappa shape index (κ2) is 3.40. The minimum absolute atomic E-state index is 0.482. The fourth-order valence-corrected chi connectivity index (χ4v) is 1.96. The molecular weight excluding hydrogens is 178 g/mol. The average molecular weight is 193 g/mol. The molecule has 0 amide bonds. The van der Waals surface area contributed by atoms with Gasteiger partial charge in [0.25, 0.3) is 0 Å². The third kappa shape index (κ3) is 1.20. The van der Waals surface area contributed by atoms with Gasteiger partial charge in [0.05, 0.1) is 19.9 Å². The normalized spacial score (nSPS) is 18.6. The summed E-state index contributed by atoms with van der Waals surface area (Å²) in [5, 5.41) is 3.34. The molecule has 0 aromatic heterocycles. The van der Waals surface area contributed by atoms with Crippen molar-refractivity contribution in [3.63, 3.8) is 0 Å². The summed E-state index contributed by atoms with van der Waals surface area (Å²) in [4.78, 5) is 0. The van der Waals surface area contributed by atoms with Gasteiger partial charge in [-0.1, -0.05) is 6.92 Å². The number of nitrogens with one attached hydrogen (secondary N) is 1. The van der Waals surface area contributed by atoms with Gasteiger partial charge in [-0.15, -0.1) is 0 Å². The lowest BCUT2D eigenvalue weighted by molar-refractivity contribution is 0.400. The minimum Gasteiger partial charge on any atom is -0.496 e. The van der Waals surface area contributed by atoms with Gasteiger partial charge in [0.1, 0.15) is 11.5 Å². The zero-order valence-corrected chi connectivity index (χ0v) is 8.76. The van der Waals surface area contributed by atoms with E-state index in [-0.39, 0.29) is 0 Å². The van der Waals surface area contributed by atoms with Crippen LogP contribution in [0.1, 0.15) is 18.4 Å². The van der Waals surface area contributed by atoms with E-state index in [0.29, 0.717) is 5.92 Å².